The molecule has 1 aliphatic heterocycles. The molecular formula is C18H26N4O2. The lowest BCUT2D eigenvalue weighted by Gasteiger charge is -2.37. The van der Waals surface area contributed by atoms with E-state index < -0.39 is 0 Å². The molecule has 0 radical (unpaired) electrons. The van der Waals surface area contributed by atoms with Crippen molar-refractivity contribution in [3.8, 4) is 11.5 Å². The molecule has 6 nitrogen and oxygen atoms in total. The molecule has 1 fully saturated rings. The van der Waals surface area contributed by atoms with Gasteiger partial charge in [0.15, 0.2) is 0 Å². The fraction of sp³-hybridized carbons (Fsp3) is 0.556. The minimum Gasteiger partial charge on any atom is -0.419 e. The van der Waals surface area contributed by atoms with Crippen molar-refractivity contribution in [2.24, 2.45) is 0 Å². The maximum absolute atomic E-state index is 9.42. The van der Waals surface area contributed by atoms with E-state index in [9.17, 15) is 5.11 Å². The van der Waals surface area contributed by atoms with E-state index in [4.69, 9.17) is 4.42 Å². The van der Waals surface area contributed by atoms with E-state index in [-0.39, 0.29) is 12.6 Å². The summed E-state index contributed by atoms with van der Waals surface area (Å²) < 4.78 is 5.81. The van der Waals surface area contributed by atoms with Gasteiger partial charge in [-0.05, 0) is 25.5 Å². The van der Waals surface area contributed by atoms with Gasteiger partial charge in [-0.15, -0.1) is 10.2 Å². The van der Waals surface area contributed by atoms with Gasteiger partial charge >= 0.3 is 0 Å². The second kappa shape index (κ2) is 7.88. The number of benzene rings is 1. The summed E-state index contributed by atoms with van der Waals surface area (Å²) in [7, 11) is 0. The molecule has 1 unspecified atom stereocenters. The highest BCUT2D eigenvalue weighted by atomic mass is 16.4. The van der Waals surface area contributed by atoms with Gasteiger partial charge in [0.05, 0.1) is 13.2 Å². The number of aliphatic hydroxyl groups excluding tert-OH is 1. The summed E-state index contributed by atoms with van der Waals surface area (Å²) in [6, 6.07) is 8.38. The number of rotatable bonds is 6. The van der Waals surface area contributed by atoms with Crippen LogP contribution in [0, 0.1) is 6.92 Å². The quantitative estimate of drug-likeness (QED) is 0.873. The first kappa shape index (κ1) is 17.1. The molecular weight excluding hydrogens is 304 g/mol. The van der Waals surface area contributed by atoms with Crippen LogP contribution in [-0.2, 0) is 6.54 Å². The van der Waals surface area contributed by atoms with Crippen LogP contribution in [-0.4, -0.2) is 63.9 Å². The zero-order valence-electron chi connectivity index (χ0n) is 14.5. The molecule has 24 heavy (non-hydrogen) atoms. The van der Waals surface area contributed by atoms with E-state index in [1.807, 2.05) is 24.3 Å². The standard InChI is InChI=1S/C18H26N4O2/c1-3-16(13-23)22-10-8-21(9-11-22)12-17-19-20-18(24-17)15-6-4-14(2)5-7-15/h4-7,16,23H,3,8-13H2,1-2H3. The molecule has 3 rings (SSSR count). The number of aryl methyl sites for hydroxylation is 1. The molecule has 0 aliphatic carbocycles. The summed E-state index contributed by atoms with van der Waals surface area (Å²) in [6.45, 7) is 8.96. The lowest BCUT2D eigenvalue weighted by atomic mass is 10.1. The normalized spacial score (nSPS) is 18.0. The Balaban J connectivity index is 1.55. The van der Waals surface area contributed by atoms with E-state index in [2.05, 4.69) is 33.8 Å². The van der Waals surface area contributed by atoms with Gasteiger partial charge in [0, 0.05) is 37.8 Å². The molecule has 0 spiro atoms. The maximum atomic E-state index is 9.42. The number of aliphatic hydroxyl groups is 1. The number of hydrogen-bond donors (Lipinski definition) is 1. The zero-order chi connectivity index (χ0) is 16.9. The Kier molecular flexibility index (Phi) is 5.60. The fourth-order valence-corrected chi connectivity index (χ4v) is 3.11. The lowest BCUT2D eigenvalue weighted by Crippen LogP contribution is -2.50. The van der Waals surface area contributed by atoms with Crippen LogP contribution in [0.4, 0.5) is 0 Å². The average Bonchev–Trinajstić information content (AvgIpc) is 3.06. The lowest BCUT2D eigenvalue weighted by molar-refractivity contribution is 0.0577. The first-order valence-electron chi connectivity index (χ1n) is 8.66. The summed E-state index contributed by atoms with van der Waals surface area (Å²) in [6.07, 6.45) is 0.986. The van der Waals surface area contributed by atoms with Crippen LogP contribution in [0.15, 0.2) is 28.7 Å². The molecule has 1 atom stereocenters. The first-order chi connectivity index (χ1) is 11.7. The highest BCUT2D eigenvalue weighted by Crippen LogP contribution is 2.19. The minimum absolute atomic E-state index is 0.236. The van der Waals surface area contributed by atoms with Crippen LogP contribution in [0.25, 0.3) is 11.5 Å². The minimum atomic E-state index is 0.236. The molecule has 1 aromatic heterocycles. The van der Waals surface area contributed by atoms with Crippen molar-refractivity contribution in [2.45, 2.75) is 32.9 Å². The molecule has 1 aliphatic rings. The molecule has 130 valence electrons. The molecule has 0 saturated carbocycles. The summed E-state index contributed by atoms with van der Waals surface area (Å²) in [4.78, 5) is 4.69. The van der Waals surface area contributed by atoms with Crippen molar-refractivity contribution in [3.63, 3.8) is 0 Å². The highest BCUT2D eigenvalue weighted by Gasteiger charge is 2.23. The molecule has 1 saturated heterocycles. The van der Waals surface area contributed by atoms with Crippen molar-refractivity contribution in [2.75, 3.05) is 32.8 Å². The number of aromatic nitrogens is 2. The third-order valence-electron chi connectivity index (χ3n) is 4.73. The van der Waals surface area contributed by atoms with Gasteiger partial charge in [-0.2, -0.15) is 0 Å². The predicted octanol–water partition coefficient (Wildman–Crippen LogP) is 1.93. The molecule has 1 aromatic carbocycles. The summed E-state index contributed by atoms with van der Waals surface area (Å²) in [5, 5.41) is 17.8. The van der Waals surface area contributed by atoms with Gasteiger partial charge in [0.1, 0.15) is 0 Å². The van der Waals surface area contributed by atoms with Crippen molar-refractivity contribution in [1.82, 2.24) is 20.0 Å². The topological polar surface area (TPSA) is 65.6 Å². The van der Waals surface area contributed by atoms with Gasteiger partial charge in [-0.25, -0.2) is 0 Å². The molecule has 0 bridgehead atoms. The average molecular weight is 330 g/mol. The van der Waals surface area contributed by atoms with Crippen LogP contribution in [0.5, 0.6) is 0 Å². The third-order valence-corrected chi connectivity index (χ3v) is 4.73. The monoisotopic (exact) mass is 330 g/mol. The predicted molar refractivity (Wildman–Crippen MR) is 92.5 cm³/mol. The Morgan fingerprint density at radius 1 is 1.12 bits per heavy atom. The van der Waals surface area contributed by atoms with Crippen LogP contribution >= 0.6 is 0 Å². The second-order valence-corrected chi connectivity index (χ2v) is 6.42. The van der Waals surface area contributed by atoms with Crippen molar-refractivity contribution >= 4 is 0 Å². The Hall–Kier alpha value is -1.76. The van der Waals surface area contributed by atoms with Gasteiger partial charge in [-0.1, -0.05) is 24.6 Å². The van der Waals surface area contributed by atoms with Crippen LogP contribution < -0.4 is 0 Å². The molecule has 6 heteroatoms. The molecule has 0 amide bonds. The van der Waals surface area contributed by atoms with Crippen LogP contribution in [0.3, 0.4) is 0 Å². The Bertz CT molecular complexity index is 629. The highest BCUT2D eigenvalue weighted by molar-refractivity contribution is 5.52. The third kappa shape index (κ3) is 4.01. The number of nitrogens with zero attached hydrogens (tertiary/aromatic N) is 4. The first-order valence-corrected chi connectivity index (χ1v) is 8.66. The summed E-state index contributed by atoms with van der Waals surface area (Å²) >= 11 is 0. The SMILES string of the molecule is CCC(CO)N1CCN(Cc2nnc(-c3ccc(C)cc3)o2)CC1. The van der Waals surface area contributed by atoms with E-state index in [0.717, 1.165) is 38.2 Å². The van der Waals surface area contributed by atoms with E-state index >= 15 is 0 Å². The Morgan fingerprint density at radius 2 is 1.83 bits per heavy atom. The van der Waals surface area contributed by atoms with Gasteiger partial charge < -0.3 is 9.52 Å². The van der Waals surface area contributed by atoms with Crippen molar-refractivity contribution < 1.29 is 9.52 Å². The fourth-order valence-electron chi connectivity index (χ4n) is 3.11. The van der Waals surface area contributed by atoms with Crippen molar-refractivity contribution in [1.29, 1.82) is 0 Å². The maximum Gasteiger partial charge on any atom is 0.247 e. The largest absolute Gasteiger partial charge is 0.419 e. The van der Waals surface area contributed by atoms with E-state index in [1.54, 1.807) is 0 Å². The Labute approximate surface area is 143 Å². The molecule has 2 aromatic rings. The second-order valence-electron chi connectivity index (χ2n) is 6.42. The van der Waals surface area contributed by atoms with Gasteiger partial charge in [0.25, 0.3) is 0 Å². The van der Waals surface area contributed by atoms with Gasteiger partial charge in [0.2, 0.25) is 11.8 Å². The van der Waals surface area contributed by atoms with E-state index in [1.165, 1.54) is 5.56 Å². The zero-order valence-corrected chi connectivity index (χ0v) is 14.5. The van der Waals surface area contributed by atoms with Crippen molar-refractivity contribution in [3.05, 3.63) is 35.7 Å². The summed E-state index contributed by atoms with van der Waals surface area (Å²) in [5.41, 5.74) is 2.17. The van der Waals surface area contributed by atoms with Crippen LogP contribution in [0.1, 0.15) is 24.8 Å². The van der Waals surface area contributed by atoms with Crippen LogP contribution in [0.2, 0.25) is 0 Å². The van der Waals surface area contributed by atoms with E-state index in [0.29, 0.717) is 18.3 Å². The smallest absolute Gasteiger partial charge is 0.247 e. The molecule has 2 heterocycles. The number of hydrogen-bond acceptors (Lipinski definition) is 6. The number of piperazine rings is 1. The molecule has 1 N–H and O–H groups in total. The van der Waals surface area contributed by atoms with Gasteiger partial charge in [-0.3, -0.25) is 9.80 Å². The Morgan fingerprint density at radius 3 is 2.46 bits per heavy atom. The summed E-state index contributed by atoms with van der Waals surface area (Å²) in [5.74, 6) is 1.24.